The minimum atomic E-state index is -0.739. The van der Waals surface area contributed by atoms with Crippen LogP contribution in [0.1, 0.15) is 38.0 Å². The van der Waals surface area contributed by atoms with Crippen LogP contribution >= 0.6 is 0 Å². The quantitative estimate of drug-likeness (QED) is 0.861. The molecule has 2 rings (SSSR count). The lowest BCUT2D eigenvalue weighted by Crippen LogP contribution is -2.40. The second kappa shape index (κ2) is 6.77. The number of aromatic nitrogens is 2. The van der Waals surface area contributed by atoms with E-state index in [4.69, 9.17) is 9.47 Å². The molecule has 6 nitrogen and oxygen atoms in total. The van der Waals surface area contributed by atoms with Gasteiger partial charge in [0, 0.05) is 13.2 Å². The average Bonchev–Trinajstić information content (AvgIpc) is 2.87. The van der Waals surface area contributed by atoms with E-state index in [1.54, 1.807) is 13.3 Å². The molecule has 1 aromatic rings. The summed E-state index contributed by atoms with van der Waals surface area (Å²) in [5.41, 5.74) is 0.144. The normalized spacial score (nSPS) is 24.3. The zero-order valence-electron chi connectivity index (χ0n) is 13.5. The van der Waals surface area contributed by atoms with Gasteiger partial charge in [-0.25, -0.2) is 0 Å². The van der Waals surface area contributed by atoms with E-state index < -0.39 is 11.7 Å². The lowest BCUT2D eigenvalue weighted by Gasteiger charge is -2.38. The van der Waals surface area contributed by atoms with Crippen LogP contribution in [0.2, 0.25) is 0 Å². The highest BCUT2D eigenvalue weighted by atomic mass is 16.5. The number of ether oxygens (including phenoxy) is 2. The fraction of sp³-hybridized carbons (Fsp3) is 0.800. The van der Waals surface area contributed by atoms with Crippen LogP contribution in [0.4, 0.5) is 0 Å². The summed E-state index contributed by atoms with van der Waals surface area (Å²) < 4.78 is 13.1. The van der Waals surface area contributed by atoms with E-state index in [0.717, 1.165) is 25.8 Å². The van der Waals surface area contributed by atoms with E-state index in [1.807, 2.05) is 25.7 Å². The van der Waals surface area contributed by atoms with Crippen molar-refractivity contribution in [2.75, 3.05) is 34.4 Å². The first-order valence-corrected chi connectivity index (χ1v) is 7.54. The maximum Gasteiger partial charge on any atom is 0.162 e. The van der Waals surface area contributed by atoms with Gasteiger partial charge in [0.2, 0.25) is 0 Å². The van der Waals surface area contributed by atoms with Gasteiger partial charge in [-0.3, -0.25) is 4.68 Å². The molecule has 0 radical (unpaired) electrons. The van der Waals surface area contributed by atoms with Gasteiger partial charge in [0.05, 0.1) is 25.5 Å². The molecule has 120 valence electrons. The Morgan fingerprint density at radius 1 is 1.52 bits per heavy atom. The van der Waals surface area contributed by atoms with Crippen molar-refractivity contribution in [2.24, 2.45) is 0 Å². The zero-order chi connectivity index (χ0) is 15.5. The third-order valence-electron chi connectivity index (χ3n) is 4.16. The van der Waals surface area contributed by atoms with Gasteiger partial charge in [0.25, 0.3) is 0 Å². The molecule has 2 unspecified atom stereocenters. The molecule has 0 aliphatic carbocycles. The van der Waals surface area contributed by atoms with Crippen molar-refractivity contribution in [3.05, 3.63) is 11.9 Å². The molecule has 1 aliphatic heterocycles. The molecule has 0 bridgehead atoms. The Morgan fingerprint density at radius 3 is 2.86 bits per heavy atom. The van der Waals surface area contributed by atoms with E-state index in [1.165, 1.54) is 0 Å². The van der Waals surface area contributed by atoms with Crippen LogP contribution in [0.5, 0.6) is 5.75 Å². The number of hydrogen-bond donors (Lipinski definition) is 1. The van der Waals surface area contributed by atoms with Crippen LogP contribution in [0.3, 0.4) is 0 Å². The molecule has 1 N–H and O–H groups in total. The Kier molecular flexibility index (Phi) is 5.24. The highest BCUT2D eigenvalue weighted by molar-refractivity contribution is 5.29. The zero-order valence-corrected chi connectivity index (χ0v) is 13.5. The molecule has 1 aliphatic rings. The van der Waals surface area contributed by atoms with Crippen molar-refractivity contribution in [3.63, 3.8) is 0 Å². The average molecular weight is 297 g/mol. The fourth-order valence-electron chi connectivity index (χ4n) is 2.74. The predicted molar refractivity (Wildman–Crippen MR) is 80.5 cm³/mol. The molecular weight excluding hydrogens is 270 g/mol. The maximum atomic E-state index is 10.9. The van der Waals surface area contributed by atoms with Gasteiger partial charge in [0.1, 0.15) is 11.8 Å². The second-order valence-corrected chi connectivity index (χ2v) is 6.15. The Morgan fingerprint density at radius 2 is 2.29 bits per heavy atom. The van der Waals surface area contributed by atoms with Gasteiger partial charge in [0.15, 0.2) is 5.75 Å². The molecule has 0 saturated carbocycles. The van der Waals surface area contributed by atoms with Gasteiger partial charge in [-0.15, -0.1) is 0 Å². The van der Waals surface area contributed by atoms with E-state index in [2.05, 4.69) is 10.00 Å². The Labute approximate surface area is 126 Å². The molecule has 0 spiro atoms. The summed E-state index contributed by atoms with van der Waals surface area (Å²) in [7, 11) is 5.64. The third-order valence-corrected chi connectivity index (χ3v) is 4.16. The Balaban J connectivity index is 2.25. The highest BCUT2D eigenvalue weighted by Gasteiger charge is 2.40. The monoisotopic (exact) mass is 297 g/mol. The van der Waals surface area contributed by atoms with E-state index in [-0.39, 0.29) is 0 Å². The largest absolute Gasteiger partial charge is 0.493 e. The SMILES string of the molecule is COc1cnn(CCN(C)C)c1C(O)C1(C)CCCCO1. The van der Waals surface area contributed by atoms with Crippen LogP contribution in [0.15, 0.2) is 6.20 Å². The smallest absolute Gasteiger partial charge is 0.162 e. The number of aliphatic hydroxyl groups is 1. The van der Waals surface area contributed by atoms with Crippen molar-refractivity contribution >= 4 is 0 Å². The Bertz CT molecular complexity index is 453. The van der Waals surface area contributed by atoms with Crippen LogP contribution in [-0.2, 0) is 11.3 Å². The number of rotatable bonds is 6. The number of hydrogen-bond acceptors (Lipinski definition) is 5. The first-order chi connectivity index (χ1) is 9.98. The summed E-state index contributed by atoms with van der Waals surface area (Å²) in [5.74, 6) is 0.622. The number of methoxy groups -OCH3 is 1. The first kappa shape index (κ1) is 16.3. The topological polar surface area (TPSA) is 59.8 Å². The van der Waals surface area contributed by atoms with Crippen LogP contribution < -0.4 is 4.74 Å². The molecule has 2 heterocycles. The minimum Gasteiger partial charge on any atom is -0.493 e. The Hall–Kier alpha value is -1.11. The van der Waals surface area contributed by atoms with E-state index in [9.17, 15) is 5.11 Å². The summed E-state index contributed by atoms with van der Waals surface area (Å²) in [5, 5.41) is 15.2. The van der Waals surface area contributed by atoms with Crippen molar-refractivity contribution < 1.29 is 14.6 Å². The first-order valence-electron chi connectivity index (χ1n) is 7.54. The lowest BCUT2D eigenvalue weighted by molar-refractivity contribution is -0.141. The lowest BCUT2D eigenvalue weighted by atomic mass is 9.88. The molecule has 0 amide bonds. The second-order valence-electron chi connectivity index (χ2n) is 6.15. The number of nitrogens with zero attached hydrogens (tertiary/aromatic N) is 3. The molecule has 6 heteroatoms. The minimum absolute atomic E-state index is 0.568. The molecular formula is C15H27N3O3. The van der Waals surface area contributed by atoms with Crippen molar-refractivity contribution in [3.8, 4) is 5.75 Å². The summed E-state index contributed by atoms with van der Waals surface area (Å²) in [6.45, 7) is 4.22. The molecule has 1 aromatic heterocycles. The van der Waals surface area contributed by atoms with Gasteiger partial charge < -0.3 is 19.5 Å². The summed E-state index contributed by atoms with van der Waals surface area (Å²) in [6.07, 6.45) is 3.90. The maximum absolute atomic E-state index is 10.9. The molecule has 1 fully saturated rings. The number of likely N-dealkylation sites (N-methyl/N-ethyl adjacent to an activating group) is 1. The standard InChI is InChI=1S/C15H27N3O3/c1-15(7-5-6-10-21-15)14(19)13-12(20-4)11-16-18(13)9-8-17(2)3/h11,14,19H,5-10H2,1-4H3. The van der Waals surface area contributed by atoms with Gasteiger partial charge >= 0.3 is 0 Å². The van der Waals surface area contributed by atoms with E-state index in [0.29, 0.717) is 24.6 Å². The molecule has 21 heavy (non-hydrogen) atoms. The highest BCUT2D eigenvalue weighted by Crippen LogP contribution is 2.39. The number of aliphatic hydroxyl groups excluding tert-OH is 1. The molecule has 1 saturated heterocycles. The summed E-state index contributed by atoms with van der Waals surface area (Å²) in [6, 6.07) is 0. The predicted octanol–water partition coefficient (Wildman–Crippen LogP) is 1.45. The van der Waals surface area contributed by atoms with Gasteiger partial charge in [-0.05, 0) is 40.3 Å². The van der Waals surface area contributed by atoms with Gasteiger partial charge in [-0.2, -0.15) is 5.10 Å². The summed E-state index contributed by atoms with van der Waals surface area (Å²) in [4.78, 5) is 2.09. The van der Waals surface area contributed by atoms with Crippen LogP contribution in [0, 0.1) is 0 Å². The fourth-order valence-corrected chi connectivity index (χ4v) is 2.74. The van der Waals surface area contributed by atoms with Crippen molar-refractivity contribution in [1.82, 2.24) is 14.7 Å². The van der Waals surface area contributed by atoms with Gasteiger partial charge in [-0.1, -0.05) is 0 Å². The molecule has 0 aromatic carbocycles. The van der Waals surface area contributed by atoms with E-state index >= 15 is 0 Å². The molecule has 2 atom stereocenters. The van der Waals surface area contributed by atoms with Crippen LogP contribution in [0.25, 0.3) is 0 Å². The van der Waals surface area contributed by atoms with Crippen molar-refractivity contribution in [1.29, 1.82) is 0 Å². The van der Waals surface area contributed by atoms with Crippen molar-refractivity contribution in [2.45, 2.75) is 44.4 Å². The van der Waals surface area contributed by atoms with Crippen LogP contribution in [-0.4, -0.2) is 59.7 Å². The summed E-state index contributed by atoms with van der Waals surface area (Å²) >= 11 is 0. The third kappa shape index (κ3) is 3.56.